The number of hydrogen-bond acceptors (Lipinski definition) is 3. The van der Waals surface area contributed by atoms with E-state index in [1.54, 1.807) is 0 Å². The molecule has 1 unspecified atom stereocenters. The zero-order chi connectivity index (χ0) is 13.9. The standard InChI is InChI=1S/C11H10BrF3O3/c1-6(10(16)17-2)18-9-4-3-7(5-8(9)12)11(13,14)15/h3-6H,1-2H3. The number of carbonyl (C=O) groups excluding carboxylic acids is 1. The van der Waals surface area contributed by atoms with E-state index in [4.69, 9.17) is 4.74 Å². The van der Waals surface area contributed by atoms with Gasteiger partial charge in [0.25, 0.3) is 0 Å². The summed E-state index contributed by atoms with van der Waals surface area (Å²) in [4.78, 5) is 11.1. The molecule has 0 fully saturated rings. The van der Waals surface area contributed by atoms with E-state index in [0.29, 0.717) is 0 Å². The Balaban J connectivity index is 2.90. The Morgan fingerprint density at radius 2 is 2.00 bits per heavy atom. The summed E-state index contributed by atoms with van der Waals surface area (Å²) in [5.74, 6) is -0.470. The Morgan fingerprint density at radius 1 is 1.39 bits per heavy atom. The van der Waals surface area contributed by atoms with Crippen molar-refractivity contribution in [3.05, 3.63) is 28.2 Å². The van der Waals surface area contributed by atoms with E-state index in [2.05, 4.69) is 20.7 Å². The van der Waals surface area contributed by atoms with E-state index in [1.165, 1.54) is 14.0 Å². The second-order valence-electron chi connectivity index (χ2n) is 3.43. The van der Waals surface area contributed by atoms with Gasteiger partial charge in [-0.3, -0.25) is 0 Å². The number of methoxy groups -OCH3 is 1. The lowest BCUT2D eigenvalue weighted by Crippen LogP contribution is -2.25. The summed E-state index contributed by atoms with van der Waals surface area (Å²) < 4.78 is 47.0. The van der Waals surface area contributed by atoms with Crippen molar-refractivity contribution in [2.45, 2.75) is 19.2 Å². The third kappa shape index (κ3) is 3.63. The van der Waals surface area contributed by atoms with Gasteiger partial charge in [-0.1, -0.05) is 0 Å². The fourth-order valence-electron chi connectivity index (χ4n) is 1.18. The van der Waals surface area contributed by atoms with Crippen molar-refractivity contribution in [2.24, 2.45) is 0 Å². The van der Waals surface area contributed by atoms with Crippen LogP contribution >= 0.6 is 15.9 Å². The van der Waals surface area contributed by atoms with Crippen LogP contribution in [0.4, 0.5) is 13.2 Å². The normalized spacial score (nSPS) is 13.0. The number of ether oxygens (including phenoxy) is 2. The van der Waals surface area contributed by atoms with Crippen molar-refractivity contribution >= 4 is 21.9 Å². The molecule has 0 N–H and O–H groups in total. The minimum Gasteiger partial charge on any atom is -0.478 e. The van der Waals surface area contributed by atoms with Crippen LogP contribution in [0.15, 0.2) is 22.7 Å². The molecule has 0 aliphatic carbocycles. The molecular weight excluding hydrogens is 317 g/mol. The molecule has 0 aliphatic rings. The van der Waals surface area contributed by atoms with Crippen molar-refractivity contribution in [1.82, 2.24) is 0 Å². The van der Waals surface area contributed by atoms with E-state index in [9.17, 15) is 18.0 Å². The maximum absolute atomic E-state index is 12.4. The van der Waals surface area contributed by atoms with Crippen LogP contribution in [-0.2, 0) is 15.7 Å². The van der Waals surface area contributed by atoms with Gasteiger partial charge in [0, 0.05) is 0 Å². The molecule has 3 nitrogen and oxygen atoms in total. The first-order chi connectivity index (χ1) is 8.25. The van der Waals surface area contributed by atoms with Crippen LogP contribution < -0.4 is 4.74 Å². The Kier molecular flexibility index (Phi) is 4.61. The van der Waals surface area contributed by atoms with Crippen molar-refractivity contribution in [3.63, 3.8) is 0 Å². The van der Waals surface area contributed by atoms with Crippen LogP contribution in [0.5, 0.6) is 5.75 Å². The third-order valence-electron chi connectivity index (χ3n) is 2.10. The molecule has 0 amide bonds. The molecule has 0 saturated heterocycles. The highest BCUT2D eigenvalue weighted by Crippen LogP contribution is 2.35. The lowest BCUT2D eigenvalue weighted by atomic mass is 10.2. The lowest BCUT2D eigenvalue weighted by molar-refractivity contribution is -0.148. The summed E-state index contributed by atoms with van der Waals surface area (Å²) in [7, 11) is 1.20. The largest absolute Gasteiger partial charge is 0.478 e. The molecule has 0 aromatic heterocycles. The highest BCUT2D eigenvalue weighted by molar-refractivity contribution is 9.10. The van der Waals surface area contributed by atoms with Crippen molar-refractivity contribution < 1.29 is 27.4 Å². The third-order valence-corrected chi connectivity index (χ3v) is 2.72. The second-order valence-corrected chi connectivity index (χ2v) is 4.28. The van der Waals surface area contributed by atoms with Crippen LogP contribution in [-0.4, -0.2) is 19.2 Å². The maximum atomic E-state index is 12.4. The zero-order valence-electron chi connectivity index (χ0n) is 9.55. The van der Waals surface area contributed by atoms with Crippen LogP contribution in [0, 0.1) is 0 Å². The van der Waals surface area contributed by atoms with E-state index < -0.39 is 23.8 Å². The predicted molar refractivity (Wildman–Crippen MR) is 61.3 cm³/mol. The van der Waals surface area contributed by atoms with Crippen molar-refractivity contribution in [2.75, 3.05) is 7.11 Å². The van der Waals surface area contributed by atoms with Crippen LogP contribution in [0.2, 0.25) is 0 Å². The molecule has 1 atom stereocenters. The number of benzene rings is 1. The average Bonchev–Trinajstić information content (AvgIpc) is 2.29. The van der Waals surface area contributed by atoms with Gasteiger partial charge in [-0.15, -0.1) is 0 Å². The SMILES string of the molecule is COC(=O)C(C)Oc1ccc(C(F)(F)F)cc1Br. The molecule has 1 aromatic rings. The minimum atomic E-state index is -4.42. The molecule has 0 heterocycles. The Bertz CT molecular complexity index is 446. The summed E-state index contributed by atoms with van der Waals surface area (Å²) in [5, 5.41) is 0. The molecule has 100 valence electrons. The average molecular weight is 327 g/mol. The number of carbonyl (C=O) groups is 1. The number of halogens is 4. The molecular formula is C11H10BrF3O3. The van der Waals surface area contributed by atoms with Gasteiger partial charge >= 0.3 is 12.1 Å². The fourth-order valence-corrected chi connectivity index (χ4v) is 1.65. The summed E-state index contributed by atoms with van der Waals surface area (Å²) in [5.41, 5.74) is -0.799. The molecule has 0 spiro atoms. The van der Waals surface area contributed by atoms with Gasteiger partial charge in [0.15, 0.2) is 6.10 Å². The highest BCUT2D eigenvalue weighted by Gasteiger charge is 2.31. The fraction of sp³-hybridized carbons (Fsp3) is 0.364. The van der Waals surface area contributed by atoms with Gasteiger partial charge in [0.2, 0.25) is 0 Å². The topological polar surface area (TPSA) is 35.5 Å². The smallest absolute Gasteiger partial charge is 0.416 e. The minimum absolute atomic E-state index is 0.119. The van der Waals surface area contributed by atoms with Crippen molar-refractivity contribution in [3.8, 4) is 5.75 Å². The predicted octanol–water partition coefficient (Wildman–Crippen LogP) is 3.41. The first-order valence-corrected chi connectivity index (χ1v) is 5.66. The van der Waals surface area contributed by atoms with E-state index >= 15 is 0 Å². The highest BCUT2D eigenvalue weighted by atomic mass is 79.9. The van der Waals surface area contributed by atoms with E-state index in [0.717, 1.165) is 18.2 Å². The molecule has 0 bridgehead atoms. The first-order valence-electron chi connectivity index (χ1n) is 4.87. The summed E-state index contributed by atoms with van der Waals surface area (Å²) in [6.45, 7) is 1.44. The van der Waals surface area contributed by atoms with Gasteiger partial charge in [0.1, 0.15) is 5.75 Å². The molecule has 0 aliphatic heterocycles. The quantitative estimate of drug-likeness (QED) is 0.798. The molecule has 1 aromatic carbocycles. The molecule has 7 heteroatoms. The van der Waals surface area contributed by atoms with Gasteiger partial charge in [-0.25, -0.2) is 4.79 Å². The number of alkyl halides is 3. The summed E-state index contributed by atoms with van der Waals surface area (Å²) >= 11 is 2.96. The lowest BCUT2D eigenvalue weighted by Gasteiger charge is -2.15. The Labute approximate surface area is 110 Å². The number of hydrogen-bond donors (Lipinski definition) is 0. The van der Waals surface area contributed by atoms with Gasteiger partial charge in [0.05, 0.1) is 17.1 Å². The molecule has 0 radical (unpaired) electrons. The van der Waals surface area contributed by atoms with Crippen LogP contribution in [0.1, 0.15) is 12.5 Å². The van der Waals surface area contributed by atoms with Gasteiger partial charge < -0.3 is 9.47 Å². The molecule has 0 saturated carbocycles. The number of esters is 1. The first kappa shape index (κ1) is 14.8. The van der Waals surface area contributed by atoms with Gasteiger partial charge in [-0.2, -0.15) is 13.2 Å². The van der Waals surface area contributed by atoms with E-state index in [1.807, 2.05) is 0 Å². The molecule has 18 heavy (non-hydrogen) atoms. The van der Waals surface area contributed by atoms with Gasteiger partial charge in [-0.05, 0) is 41.1 Å². The van der Waals surface area contributed by atoms with Crippen LogP contribution in [0.25, 0.3) is 0 Å². The van der Waals surface area contributed by atoms with Crippen molar-refractivity contribution in [1.29, 1.82) is 0 Å². The van der Waals surface area contributed by atoms with Crippen LogP contribution in [0.3, 0.4) is 0 Å². The Morgan fingerprint density at radius 3 is 2.44 bits per heavy atom. The van der Waals surface area contributed by atoms with E-state index in [-0.39, 0.29) is 10.2 Å². The second kappa shape index (κ2) is 5.60. The summed E-state index contributed by atoms with van der Waals surface area (Å²) in [6.07, 6.45) is -5.32. The Hall–Kier alpha value is -1.24. The summed E-state index contributed by atoms with van der Waals surface area (Å²) in [6, 6.07) is 2.91. The zero-order valence-corrected chi connectivity index (χ0v) is 11.1. The maximum Gasteiger partial charge on any atom is 0.416 e. The number of rotatable bonds is 3. The monoisotopic (exact) mass is 326 g/mol. The molecule has 1 rings (SSSR count).